The Labute approximate surface area is 139 Å². The standard InChI is InChI=1S/C14H17N7O2S/c1-16-14-19-12(11-8-18-21(2)13(11)20-14)17-7-9-3-5-10(6-4-9)24(15,22)23/h3-6,8H,7H2,1-2H3,(H2,15,22,23)(H2,16,17,19,20). The van der Waals surface area contributed by atoms with Gasteiger partial charge < -0.3 is 10.6 Å². The van der Waals surface area contributed by atoms with Crippen molar-refractivity contribution >= 4 is 32.8 Å². The van der Waals surface area contributed by atoms with Crippen molar-refractivity contribution in [2.75, 3.05) is 17.7 Å². The Hall–Kier alpha value is -2.72. The van der Waals surface area contributed by atoms with E-state index in [1.165, 1.54) is 12.1 Å². The maximum atomic E-state index is 11.3. The average molecular weight is 347 g/mol. The van der Waals surface area contributed by atoms with Crippen molar-refractivity contribution in [2.24, 2.45) is 12.2 Å². The van der Waals surface area contributed by atoms with Crippen molar-refractivity contribution in [1.29, 1.82) is 0 Å². The van der Waals surface area contributed by atoms with Gasteiger partial charge in [-0.25, -0.2) is 13.6 Å². The third kappa shape index (κ3) is 3.14. The first-order valence-electron chi connectivity index (χ1n) is 7.11. The maximum absolute atomic E-state index is 11.3. The Bertz CT molecular complexity index is 980. The topological polar surface area (TPSA) is 128 Å². The highest BCUT2D eigenvalue weighted by molar-refractivity contribution is 7.89. The van der Waals surface area contributed by atoms with Crippen LogP contribution in [0.4, 0.5) is 11.8 Å². The predicted molar refractivity (Wildman–Crippen MR) is 91.0 cm³/mol. The maximum Gasteiger partial charge on any atom is 0.238 e. The van der Waals surface area contributed by atoms with E-state index in [2.05, 4.69) is 25.7 Å². The fraction of sp³-hybridized carbons (Fsp3) is 0.214. The van der Waals surface area contributed by atoms with E-state index in [-0.39, 0.29) is 4.90 Å². The molecule has 126 valence electrons. The van der Waals surface area contributed by atoms with Crippen LogP contribution in [0.3, 0.4) is 0 Å². The molecule has 0 aliphatic carbocycles. The molecule has 0 saturated carbocycles. The third-order valence-corrected chi connectivity index (χ3v) is 4.46. The summed E-state index contributed by atoms with van der Waals surface area (Å²) in [5, 5.41) is 16.2. The van der Waals surface area contributed by atoms with E-state index >= 15 is 0 Å². The van der Waals surface area contributed by atoms with Crippen molar-refractivity contribution < 1.29 is 8.42 Å². The van der Waals surface area contributed by atoms with Crippen molar-refractivity contribution in [3.05, 3.63) is 36.0 Å². The zero-order chi connectivity index (χ0) is 17.3. The minimum absolute atomic E-state index is 0.0837. The van der Waals surface area contributed by atoms with Gasteiger partial charge in [-0.2, -0.15) is 15.1 Å². The molecule has 2 aromatic heterocycles. The molecule has 0 radical (unpaired) electrons. The Morgan fingerprint density at radius 1 is 1.21 bits per heavy atom. The number of aryl methyl sites for hydroxylation is 1. The molecule has 10 heteroatoms. The molecular weight excluding hydrogens is 330 g/mol. The van der Waals surface area contributed by atoms with Crippen LogP contribution in [0, 0.1) is 0 Å². The van der Waals surface area contributed by atoms with Crippen LogP contribution in [0.15, 0.2) is 35.4 Å². The Morgan fingerprint density at radius 3 is 2.54 bits per heavy atom. The average Bonchev–Trinajstić information content (AvgIpc) is 2.93. The van der Waals surface area contributed by atoms with Gasteiger partial charge in [0.25, 0.3) is 0 Å². The molecule has 0 atom stereocenters. The number of hydrogen-bond donors (Lipinski definition) is 3. The number of fused-ring (bicyclic) bond motifs is 1. The van der Waals surface area contributed by atoms with Crippen LogP contribution in [-0.4, -0.2) is 35.2 Å². The lowest BCUT2D eigenvalue weighted by Crippen LogP contribution is -2.12. The number of aromatic nitrogens is 4. The highest BCUT2D eigenvalue weighted by atomic mass is 32.2. The summed E-state index contributed by atoms with van der Waals surface area (Å²) in [4.78, 5) is 8.85. The van der Waals surface area contributed by atoms with E-state index in [0.29, 0.717) is 24.0 Å². The lowest BCUT2D eigenvalue weighted by atomic mass is 10.2. The van der Waals surface area contributed by atoms with Crippen LogP contribution < -0.4 is 15.8 Å². The summed E-state index contributed by atoms with van der Waals surface area (Å²) in [7, 11) is -0.129. The summed E-state index contributed by atoms with van der Waals surface area (Å²) in [5.41, 5.74) is 1.60. The van der Waals surface area contributed by atoms with Gasteiger partial charge in [-0.05, 0) is 17.7 Å². The fourth-order valence-corrected chi connectivity index (χ4v) is 2.77. The van der Waals surface area contributed by atoms with E-state index in [0.717, 1.165) is 10.9 Å². The molecule has 4 N–H and O–H groups in total. The lowest BCUT2D eigenvalue weighted by Gasteiger charge is -2.09. The summed E-state index contributed by atoms with van der Waals surface area (Å²) < 4.78 is 24.2. The van der Waals surface area contributed by atoms with Gasteiger partial charge in [-0.1, -0.05) is 12.1 Å². The molecule has 0 bridgehead atoms. The SMILES string of the molecule is CNc1nc(NCc2ccc(S(N)(=O)=O)cc2)c2cnn(C)c2n1. The number of nitrogens with zero attached hydrogens (tertiary/aromatic N) is 4. The number of benzene rings is 1. The lowest BCUT2D eigenvalue weighted by molar-refractivity contribution is 0.598. The van der Waals surface area contributed by atoms with E-state index in [1.807, 2.05) is 7.05 Å². The molecule has 0 unspecified atom stereocenters. The van der Waals surface area contributed by atoms with Crippen molar-refractivity contribution in [3.63, 3.8) is 0 Å². The predicted octanol–water partition coefficient (Wildman–Crippen LogP) is 0.664. The summed E-state index contributed by atoms with van der Waals surface area (Å²) >= 11 is 0. The Kier molecular flexibility index (Phi) is 4.08. The second-order valence-electron chi connectivity index (χ2n) is 5.19. The smallest absolute Gasteiger partial charge is 0.238 e. The molecule has 9 nitrogen and oxygen atoms in total. The Balaban J connectivity index is 1.85. The normalized spacial score (nSPS) is 11.6. The molecule has 0 saturated heterocycles. The first kappa shape index (κ1) is 16.1. The molecule has 3 aromatic rings. The minimum Gasteiger partial charge on any atom is -0.365 e. The van der Waals surface area contributed by atoms with Gasteiger partial charge in [-0.15, -0.1) is 0 Å². The second-order valence-corrected chi connectivity index (χ2v) is 6.76. The molecule has 1 aromatic carbocycles. The number of nitrogens with one attached hydrogen (secondary N) is 2. The highest BCUT2D eigenvalue weighted by Crippen LogP contribution is 2.22. The number of rotatable bonds is 5. The van der Waals surface area contributed by atoms with E-state index in [4.69, 9.17) is 5.14 Å². The zero-order valence-electron chi connectivity index (χ0n) is 13.2. The van der Waals surface area contributed by atoms with Crippen LogP contribution in [0.25, 0.3) is 11.0 Å². The van der Waals surface area contributed by atoms with Gasteiger partial charge in [0, 0.05) is 20.6 Å². The molecule has 0 aliphatic rings. The summed E-state index contributed by atoms with van der Waals surface area (Å²) in [6, 6.07) is 6.36. The molecule has 3 rings (SSSR count). The molecule has 0 fully saturated rings. The monoisotopic (exact) mass is 347 g/mol. The summed E-state index contributed by atoms with van der Waals surface area (Å²) in [6.07, 6.45) is 1.70. The third-order valence-electron chi connectivity index (χ3n) is 3.53. The Morgan fingerprint density at radius 2 is 1.92 bits per heavy atom. The first-order valence-corrected chi connectivity index (χ1v) is 8.66. The van der Waals surface area contributed by atoms with Gasteiger partial charge in [-0.3, -0.25) is 4.68 Å². The minimum atomic E-state index is -3.68. The largest absolute Gasteiger partial charge is 0.365 e. The van der Waals surface area contributed by atoms with Gasteiger partial charge in [0.05, 0.1) is 16.5 Å². The van der Waals surface area contributed by atoms with Crippen LogP contribution in [0.5, 0.6) is 0 Å². The van der Waals surface area contributed by atoms with Crippen molar-refractivity contribution in [1.82, 2.24) is 19.7 Å². The van der Waals surface area contributed by atoms with E-state index < -0.39 is 10.0 Å². The summed E-state index contributed by atoms with van der Waals surface area (Å²) in [5.74, 6) is 1.13. The number of anilines is 2. The number of nitrogens with two attached hydrogens (primary N) is 1. The van der Waals surface area contributed by atoms with Gasteiger partial charge in [0.15, 0.2) is 5.65 Å². The molecule has 24 heavy (non-hydrogen) atoms. The molecule has 2 heterocycles. The first-order chi connectivity index (χ1) is 11.4. The van der Waals surface area contributed by atoms with Crippen LogP contribution in [0.2, 0.25) is 0 Å². The van der Waals surface area contributed by atoms with E-state index in [9.17, 15) is 8.42 Å². The van der Waals surface area contributed by atoms with Gasteiger partial charge >= 0.3 is 0 Å². The van der Waals surface area contributed by atoms with Crippen LogP contribution in [0.1, 0.15) is 5.56 Å². The van der Waals surface area contributed by atoms with Crippen LogP contribution in [-0.2, 0) is 23.6 Å². The van der Waals surface area contributed by atoms with Gasteiger partial charge in [0.2, 0.25) is 16.0 Å². The summed E-state index contributed by atoms with van der Waals surface area (Å²) in [6.45, 7) is 0.467. The zero-order valence-corrected chi connectivity index (χ0v) is 14.0. The quantitative estimate of drug-likeness (QED) is 0.618. The van der Waals surface area contributed by atoms with E-state index in [1.54, 1.807) is 30.1 Å². The van der Waals surface area contributed by atoms with Crippen molar-refractivity contribution in [2.45, 2.75) is 11.4 Å². The van der Waals surface area contributed by atoms with Gasteiger partial charge in [0.1, 0.15) is 5.82 Å². The van der Waals surface area contributed by atoms with Crippen molar-refractivity contribution in [3.8, 4) is 0 Å². The number of hydrogen-bond acceptors (Lipinski definition) is 7. The molecule has 0 aliphatic heterocycles. The van der Waals surface area contributed by atoms with Crippen LogP contribution >= 0.6 is 0 Å². The number of primary sulfonamides is 1. The molecule has 0 amide bonds. The molecular formula is C14H17N7O2S. The molecule has 0 spiro atoms. The second kappa shape index (κ2) is 6.06. The number of sulfonamides is 1. The fourth-order valence-electron chi connectivity index (χ4n) is 2.25. The highest BCUT2D eigenvalue weighted by Gasteiger charge is 2.11.